The van der Waals surface area contributed by atoms with Gasteiger partial charge in [-0.25, -0.2) is 23.1 Å². The maximum absolute atomic E-state index is 12.5. The summed E-state index contributed by atoms with van der Waals surface area (Å²) in [6.45, 7) is 3.66. The molecule has 28 heavy (non-hydrogen) atoms. The molecule has 0 fully saturated rings. The number of anilines is 1. The fourth-order valence-electron chi connectivity index (χ4n) is 3.23. The van der Waals surface area contributed by atoms with E-state index in [0.29, 0.717) is 5.95 Å². The number of hydrogen-bond acceptors (Lipinski definition) is 6. The fourth-order valence-corrected chi connectivity index (χ4v) is 4.31. The predicted octanol–water partition coefficient (Wildman–Crippen LogP) is 1.78. The second kappa shape index (κ2) is 8.66. The van der Waals surface area contributed by atoms with Gasteiger partial charge in [-0.3, -0.25) is 15.6 Å². The number of benzene rings is 1. The first kappa shape index (κ1) is 20.2. The molecule has 0 unspecified atom stereocenters. The number of hydrogen-bond donors (Lipinski definition) is 3. The van der Waals surface area contributed by atoms with Crippen molar-refractivity contribution in [2.75, 3.05) is 12.0 Å². The van der Waals surface area contributed by atoms with Gasteiger partial charge in [0.15, 0.2) is 0 Å². The van der Waals surface area contributed by atoms with Crippen LogP contribution in [0.5, 0.6) is 0 Å². The SMILES string of the molecule is Cc1cc(C)nc(NNC(=O)CCNS(=O)(=O)c2ccc3c(c2)CCCC3)n1. The molecule has 1 amide bonds. The van der Waals surface area contributed by atoms with Crippen LogP contribution in [0.4, 0.5) is 5.95 Å². The van der Waals surface area contributed by atoms with E-state index in [4.69, 9.17) is 0 Å². The molecular weight excluding hydrogens is 378 g/mol. The third-order valence-electron chi connectivity index (χ3n) is 4.57. The Labute approximate surface area is 165 Å². The Kier molecular flexibility index (Phi) is 6.25. The van der Waals surface area contributed by atoms with E-state index in [2.05, 4.69) is 25.5 Å². The molecule has 3 N–H and O–H groups in total. The molecule has 3 rings (SSSR count). The molecule has 0 saturated carbocycles. The lowest BCUT2D eigenvalue weighted by molar-refractivity contribution is -0.120. The zero-order valence-electron chi connectivity index (χ0n) is 16.1. The number of amides is 1. The van der Waals surface area contributed by atoms with Crippen LogP contribution in [0, 0.1) is 13.8 Å². The number of sulfonamides is 1. The Morgan fingerprint density at radius 1 is 1.04 bits per heavy atom. The summed E-state index contributed by atoms with van der Waals surface area (Å²) < 4.78 is 27.4. The number of hydrazine groups is 1. The topological polar surface area (TPSA) is 113 Å². The summed E-state index contributed by atoms with van der Waals surface area (Å²) in [5, 5.41) is 0. The van der Waals surface area contributed by atoms with Gasteiger partial charge in [-0.05, 0) is 68.9 Å². The van der Waals surface area contributed by atoms with Crippen LogP contribution in [-0.4, -0.2) is 30.8 Å². The predicted molar refractivity (Wildman–Crippen MR) is 106 cm³/mol. The highest BCUT2D eigenvalue weighted by molar-refractivity contribution is 7.89. The minimum absolute atomic E-state index is 0.000629. The zero-order valence-corrected chi connectivity index (χ0v) is 16.9. The van der Waals surface area contributed by atoms with Crippen LogP contribution < -0.4 is 15.6 Å². The van der Waals surface area contributed by atoms with E-state index in [1.54, 1.807) is 12.1 Å². The van der Waals surface area contributed by atoms with Crippen LogP contribution in [0.3, 0.4) is 0 Å². The van der Waals surface area contributed by atoms with Gasteiger partial charge in [-0.2, -0.15) is 0 Å². The van der Waals surface area contributed by atoms with E-state index in [1.807, 2.05) is 26.0 Å². The Balaban J connectivity index is 1.50. The van der Waals surface area contributed by atoms with Crippen molar-refractivity contribution in [1.29, 1.82) is 0 Å². The lowest BCUT2D eigenvalue weighted by atomic mass is 9.92. The lowest BCUT2D eigenvalue weighted by Gasteiger charge is -2.16. The van der Waals surface area contributed by atoms with E-state index < -0.39 is 10.0 Å². The van der Waals surface area contributed by atoms with Gasteiger partial charge < -0.3 is 0 Å². The number of aromatic nitrogens is 2. The van der Waals surface area contributed by atoms with Crippen LogP contribution in [0.1, 0.15) is 41.8 Å². The van der Waals surface area contributed by atoms with Gasteiger partial charge in [0.2, 0.25) is 21.9 Å². The highest BCUT2D eigenvalue weighted by Crippen LogP contribution is 2.24. The fraction of sp³-hybridized carbons (Fsp3) is 0.421. The molecule has 0 bridgehead atoms. The number of nitrogens with zero attached hydrogens (tertiary/aromatic N) is 2. The molecule has 8 nitrogen and oxygen atoms in total. The molecule has 0 saturated heterocycles. The van der Waals surface area contributed by atoms with Crippen molar-refractivity contribution < 1.29 is 13.2 Å². The number of aryl methyl sites for hydroxylation is 4. The minimum atomic E-state index is -3.64. The van der Waals surface area contributed by atoms with Crippen LogP contribution in [0.25, 0.3) is 0 Å². The quantitative estimate of drug-likeness (QED) is 0.608. The number of carbonyl (C=O) groups is 1. The number of fused-ring (bicyclic) bond motifs is 1. The summed E-state index contributed by atoms with van der Waals surface area (Å²) >= 11 is 0. The van der Waals surface area contributed by atoms with Gasteiger partial charge in [0, 0.05) is 24.4 Å². The molecular formula is C19H25N5O3S. The average Bonchev–Trinajstić information content (AvgIpc) is 2.65. The number of nitrogens with one attached hydrogen (secondary N) is 3. The summed E-state index contributed by atoms with van der Waals surface area (Å²) in [6, 6.07) is 7.09. The second-order valence-corrected chi connectivity index (χ2v) is 8.70. The molecule has 1 aliphatic carbocycles. The van der Waals surface area contributed by atoms with Crippen molar-refractivity contribution in [2.24, 2.45) is 0 Å². The van der Waals surface area contributed by atoms with E-state index >= 15 is 0 Å². The first-order valence-electron chi connectivity index (χ1n) is 9.32. The Hall–Kier alpha value is -2.52. The maximum Gasteiger partial charge on any atom is 0.242 e. The van der Waals surface area contributed by atoms with E-state index in [-0.39, 0.29) is 23.8 Å². The van der Waals surface area contributed by atoms with Crippen molar-refractivity contribution in [2.45, 2.75) is 50.8 Å². The normalized spacial score (nSPS) is 13.6. The molecule has 0 atom stereocenters. The van der Waals surface area contributed by atoms with Gasteiger partial charge in [0.25, 0.3) is 0 Å². The summed E-state index contributed by atoms with van der Waals surface area (Å²) in [6.07, 6.45) is 4.13. The third kappa shape index (κ3) is 5.26. The van der Waals surface area contributed by atoms with Crippen molar-refractivity contribution in [3.63, 3.8) is 0 Å². The lowest BCUT2D eigenvalue weighted by Crippen LogP contribution is -2.34. The van der Waals surface area contributed by atoms with E-state index in [0.717, 1.165) is 42.6 Å². The molecule has 1 aromatic carbocycles. The van der Waals surface area contributed by atoms with Crippen molar-refractivity contribution in [3.8, 4) is 0 Å². The molecule has 1 aromatic heterocycles. The second-order valence-electron chi connectivity index (χ2n) is 6.93. The van der Waals surface area contributed by atoms with E-state index in [9.17, 15) is 13.2 Å². The van der Waals surface area contributed by atoms with E-state index in [1.165, 1.54) is 5.56 Å². The Bertz CT molecular complexity index is 955. The molecule has 0 spiro atoms. The molecule has 0 aliphatic heterocycles. The number of carbonyl (C=O) groups excluding carboxylic acids is 1. The van der Waals surface area contributed by atoms with Gasteiger partial charge in [0.1, 0.15) is 0 Å². The van der Waals surface area contributed by atoms with Crippen molar-refractivity contribution in [3.05, 3.63) is 46.8 Å². The van der Waals surface area contributed by atoms with Crippen molar-refractivity contribution in [1.82, 2.24) is 20.1 Å². The standard InChI is InChI=1S/C19H25N5O3S/c1-13-11-14(2)22-19(21-13)24-23-18(25)9-10-20-28(26,27)17-8-7-15-5-3-4-6-16(15)12-17/h7-8,11-12,20H,3-6,9-10H2,1-2H3,(H,23,25)(H,21,22,24). The Morgan fingerprint density at radius 3 is 2.43 bits per heavy atom. The van der Waals surface area contributed by atoms with Crippen LogP contribution in [0.2, 0.25) is 0 Å². The third-order valence-corrected chi connectivity index (χ3v) is 6.03. The summed E-state index contributed by atoms with van der Waals surface area (Å²) in [4.78, 5) is 20.5. The minimum Gasteiger partial charge on any atom is -0.273 e. The first-order valence-corrected chi connectivity index (χ1v) is 10.8. The van der Waals surface area contributed by atoms with Gasteiger partial charge in [-0.1, -0.05) is 6.07 Å². The molecule has 1 aliphatic rings. The maximum atomic E-state index is 12.5. The molecule has 0 radical (unpaired) electrons. The first-order chi connectivity index (χ1) is 13.3. The number of rotatable bonds is 7. The molecule has 150 valence electrons. The molecule has 1 heterocycles. The van der Waals surface area contributed by atoms with Crippen LogP contribution >= 0.6 is 0 Å². The van der Waals surface area contributed by atoms with Gasteiger partial charge in [-0.15, -0.1) is 0 Å². The Morgan fingerprint density at radius 2 is 1.71 bits per heavy atom. The van der Waals surface area contributed by atoms with Crippen LogP contribution in [0.15, 0.2) is 29.2 Å². The van der Waals surface area contributed by atoms with Gasteiger partial charge >= 0.3 is 0 Å². The van der Waals surface area contributed by atoms with Crippen molar-refractivity contribution >= 4 is 21.9 Å². The molecule has 9 heteroatoms. The average molecular weight is 404 g/mol. The zero-order chi connectivity index (χ0) is 20.1. The monoisotopic (exact) mass is 403 g/mol. The molecule has 2 aromatic rings. The highest BCUT2D eigenvalue weighted by Gasteiger charge is 2.17. The summed E-state index contributed by atoms with van der Waals surface area (Å²) in [5.41, 5.74) is 9.00. The summed E-state index contributed by atoms with van der Waals surface area (Å²) in [5.74, 6) is -0.0728. The summed E-state index contributed by atoms with van der Waals surface area (Å²) in [7, 11) is -3.64. The van der Waals surface area contributed by atoms with Gasteiger partial charge in [0.05, 0.1) is 4.90 Å². The highest BCUT2D eigenvalue weighted by atomic mass is 32.2. The smallest absolute Gasteiger partial charge is 0.242 e. The largest absolute Gasteiger partial charge is 0.273 e. The van der Waals surface area contributed by atoms with Crippen LogP contribution in [-0.2, 0) is 27.7 Å².